The Morgan fingerprint density at radius 2 is 1.41 bits per heavy atom. The third-order valence-electron chi connectivity index (χ3n) is 5.26. The maximum absolute atomic E-state index is 12.9. The number of hydrogen-bond donors (Lipinski definition) is 2. The number of sulfonamides is 1. The van der Waals surface area contributed by atoms with Gasteiger partial charge in [0.2, 0.25) is 0 Å². The number of rotatable bonds is 6. The molecular formula is C24H22N2O7S. The average molecular weight is 483 g/mol. The largest absolute Gasteiger partial charge is 0.486 e. The molecule has 3 aromatic rings. The number of fused-ring (bicyclic) bond motifs is 2. The molecule has 0 aromatic heterocycles. The van der Waals surface area contributed by atoms with Gasteiger partial charge in [-0.1, -0.05) is 12.1 Å². The summed E-state index contributed by atoms with van der Waals surface area (Å²) in [5, 5.41) is 2.83. The number of anilines is 1. The number of carbonyl (C=O) groups excluding carboxylic acids is 1. The van der Waals surface area contributed by atoms with Crippen molar-refractivity contribution in [1.29, 1.82) is 0 Å². The third kappa shape index (κ3) is 4.72. The molecule has 3 aromatic carbocycles. The molecule has 10 heteroatoms. The van der Waals surface area contributed by atoms with Crippen LogP contribution >= 0.6 is 0 Å². The predicted octanol–water partition coefficient (Wildman–Crippen LogP) is 2.96. The molecule has 2 aliphatic heterocycles. The van der Waals surface area contributed by atoms with Crippen LogP contribution in [-0.4, -0.2) is 40.8 Å². The topological polar surface area (TPSA) is 112 Å². The maximum atomic E-state index is 12.9. The van der Waals surface area contributed by atoms with E-state index < -0.39 is 10.0 Å². The van der Waals surface area contributed by atoms with Crippen LogP contribution in [0.1, 0.15) is 15.9 Å². The number of hydrogen-bond acceptors (Lipinski definition) is 7. The summed E-state index contributed by atoms with van der Waals surface area (Å²) in [6.45, 7) is 2.05. The van der Waals surface area contributed by atoms with E-state index >= 15 is 0 Å². The number of amides is 1. The molecule has 0 unspecified atom stereocenters. The van der Waals surface area contributed by atoms with Gasteiger partial charge in [0, 0.05) is 23.9 Å². The third-order valence-corrected chi connectivity index (χ3v) is 6.64. The molecule has 34 heavy (non-hydrogen) atoms. The Balaban J connectivity index is 1.26. The van der Waals surface area contributed by atoms with Crippen molar-refractivity contribution in [2.45, 2.75) is 11.4 Å². The van der Waals surface area contributed by atoms with E-state index in [-0.39, 0.29) is 23.0 Å². The highest BCUT2D eigenvalue weighted by Crippen LogP contribution is 2.33. The van der Waals surface area contributed by atoms with Crippen molar-refractivity contribution in [2.24, 2.45) is 0 Å². The number of nitrogens with one attached hydrogen (secondary N) is 2. The fourth-order valence-electron chi connectivity index (χ4n) is 3.61. The Bertz CT molecular complexity index is 1340. The lowest BCUT2D eigenvalue weighted by molar-refractivity contribution is 0.0951. The van der Waals surface area contributed by atoms with Crippen LogP contribution in [0.5, 0.6) is 23.0 Å². The molecule has 5 rings (SSSR count). The minimum atomic E-state index is -3.90. The van der Waals surface area contributed by atoms with Gasteiger partial charge in [-0.25, -0.2) is 8.42 Å². The van der Waals surface area contributed by atoms with Gasteiger partial charge in [-0.3, -0.25) is 9.52 Å². The van der Waals surface area contributed by atoms with E-state index in [1.807, 2.05) is 18.2 Å². The molecule has 176 valence electrons. The number of carbonyl (C=O) groups is 1. The molecule has 0 radical (unpaired) electrons. The van der Waals surface area contributed by atoms with Gasteiger partial charge in [0.15, 0.2) is 23.0 Å². The van der Waals surface area contributed by atoms with E-state index in [0.717, 1.165) is 5.56 Å². The zero-order valence-electron chi connectivity index (χ0n) is 18.1. The smallest absolute Gasteiger partial charge is 0.262 e. The summed E-state index contributed by atoms with van der Waals surface area (Å²) < 4.78 is 50.2. The first-order valence-electron chi connectivity index (χ1n) is 10.7. The van der Waals surface area contributed by atoms with Gasteiger partial charge in [-0.05, 0) is 48.0 Å². The van der Waals surface area contributed by atoms with Crippen molar-refractivity contribution >= 4 is 21.6 Å². The molecule has 1 amide bonds. The maximum Gasteiger partial charge on any atom is 0.262 e. The lowest BCUT2D eigenvalue weighted by Crippen LogP contribution is -2.23. The van der Waals surface area contributed by atoms with Crippen LogP contribution in [0.25, 0.3) is 0 Å². The second-order valence-corrected chi connectivity index (χ2v) is 9.33. The van der Waals surface area contributed by atoms with Crippen LogP contribution in [-0.2, 0) is 16.6 Å². The van der Waals surface area contributed by atoms with Gasteiger partial charge >= 0.3 is 0 Å². The first-order chi connectivity index (χ1) is 16.5. The standard InChI is InChI=1S/C24H22N2O7S/c27-24(25-15-16-4-6-20-22(12-16)32-10-8-30-20)17-2-1-3-18(13-17)26-34(28,29)19-5-7-21-23(14-19)33-11-9-31-21/h1-7,12-14,26H,8-11,15H2,(H,25,27). The summed E-state index contributed by atoms with van der Waals surface area (Å²) in [5.74, 6) is 1.87. The van der Waals surface area contributed by atoms with E-state index in [4.69, 9.17) is 18.9 Å². The average Bonchev–Trinajstić information content (AvgIpc) is 2.86. The lowest BCUT2D eigenvalue weighted by Gasteiger charge is -2.19. The van der Waals surface area contributed by atoms with Crippen molar-refractivity contribution in [3.05, 3.63) is 71.8 Å². The Morgan fingerprint density at radius 3 is 2.15 bits per heavy atom. The van der Waals surface area contributed by atoms with Crippen LogP contribution in [0.15, 0.2) is 65.6 Å². The van der Waals surface area contributed by atoms with Crippen LogP contribution in [0.4, 0.5) is 5.69 Å². The van der Waals surface area contributed by atoms with Gasteiger partial charge in [0.1, 0.15) is 26.4 Å². The number of ether oxygens (including phenoxy) is 4. The molecule has 2 heterocycles. The fraction of sp³-hybridized carbons (Fsp3) is 0.208. The van der Waals surface area contributed by atoms with Gasteiger partial charge < -0.3 is 24.3 Å². The highest BCUT2D eigenvalue weighted by atomic mass is 32.2. The summed E-state index contributed by atoms with van der Waals surface area (Å²) in [6.07, 6.45) is 0. The first kappa shape index (κ1) is 21.9. The summed E-state index contributed by atoms with van der Waals surface area (Å²) in [7, 11) is -3.90. The molecule has 0 saturated carbocycles. The minimum Gasteiger partial charge on any atom is -0.486 e. The van der Waals surface area contributed by atoms with E-state index in [2.05, 4.69) is 10.0 Å². The van der Waals surface area contributed by atoms with Crippen LogP contribution in [0.3, 0.4) is 0 Å². The second-order valence-electron chi connectivity index (χ2n) is 7.65. The zero-order chi connectivity index (χ0) is 23.5. The summed E-state index contributed by atoms with van der Waals surface area (Å²) in [4.78, 5) is 12.7. The van der Waals surface area contributed by atoms with Gasteiger partial charge in [-0.15, -0.1) is 0 Å². The van der Waals surface area contributed by atoms with Crippen molar-refractivity contribution in [3.8, 4) is 23.0 Å². The molecule has 0 aliphatic carbocycles. The van der Waals surface area contributed by atoms with Gasteiger partial charge in [0.05, 0.1) is 4.90 Å². The summed E-state index contributed by atoms with van der Waals surface area (Å²) in [6, 6.07) is 16.2. The molecular weight excluding hydrogens is 460 g/mol. The SMILES string of the molecule is O=C(NCc1ccc2c(c1)OCCO2)c1cccc(NS(=O)(=O)c2ccc3c(c2)OCCO3)c1. The van der Waals surface area contributed by atoms with Crippen LogP contribution in [0, 0.1) is 0 Å². The Hall–Kier alpha value is -3.92. The Kier molecular flexibility index (Phi) is 5.89. The van der Waals surface area contributed by atoms with Crippen molar-refractivity contribution in [3.63, 3.8) is 0 Å². The molecule has 2 aliphatic rings. The van der Waals surface area contributed by atoms with E-state index in [1.54, 1.807) is 24.3 Å². The Labute approximate surface area is 196 Å². The van der Waals surface area contributed by atoms with Crippen LogP contribution in [0.2, 0.25) is 0 Å². The zero-order valence-corrected chi connectivity index (χ0v) is 18.9. The Morgan fingerprint density at radius 1 is 0.765 bits per heavy atom. The first-order valence-corrected chi connectivity index (χ1v) is 12.2. The highest BCUT2D eigenvalue weighted by Gasteiger charge is 2.20. The minimum absolute atomic E-state index is 0.0326. The van der Waals surface area contributed by atoms with E-state index in [0.29, 0.717) is 55.0 Å². The molecule has 0 bridgehead atoms. The highest BCUT2D eigenvalue weighted by molar-refractivity contribution is 7.92. The number of benzene rings is 3. The van der Waals surface area contributed by atoms with Crippen LogP contribution < -0.4 is 29.0 Å². The van der Waals surface area contributed by atoms with Crippen molar-refractivity contribution < 1.29 is 32.2 Å². The van der Waals surface area contributed by atoms with Crippen molar-refractivity contribution in [1.82, 2.24) is 5.32 Å². The summed E-state index contributed by atoms with van der Waals surface area (Å²) >= 11 is 0. The molecule has 0 spiro atoms. The normalized spacial score (nSPS) is 14.2. The molecule has 9 nitrogen and oxygen atoms in total. The molecule has 2 N–H and O–H groups in total. The van der Waals surface area contributed by atoms with Gasteiger partial charge in [0.25, 0.3) is 15.9 Å². The molecule has 0 fully saturated rings. The monoisotopic (exact) mass is 482 g/mol. The molecule has 0 saturated heterocycles. The van der Waals surface area contributed by atoms with Crippen molar-refractivity contribution in [2.75, 3.05) is 31.1 Å². The second kappa shape index (κ2) is 9.14. The lowest BCUT2D eigenvalue weighted by atomic mass is 10.1. The summed E-state index contributed by atoms with van der Waals surface area (Å²) in [5.41, 5.74) is 1.44. The van der Waals surface area contributed by atoms with E-state index in [1.165, 1.54) is 18.2 Å². The fourth-order valence-corrected chi connectivity index (χ4v) is 4.68. The van der Waals surface area contributed by atoms with Gasteiger partial charge in [-0.2, -0.15) is 0 Å². The van der Waals surface area contributed by atoms with E-state index in [9.17, 15) is 13.2 Å². The predicted molar refractivity (Wildman–Crippen MR) is 123 cm³/mol. The molecule has 0 atom stereocenters. The quantitative estimate of drug-likeness (QED) is 0.556.